The number of nitrogens with zero attached hydrogens (tertiary/aromatic N) is 4. The number of nitro groups is 1. The number of alkyl halides is 6. The number of aromatic nitrogens is 6. The minimum Gasteiger partial charge on any atom is -0.493 e. The van der Waals surface area contributed by atoms with Gasteiger partial charge in [-0.05, 0) is 178 Å². The summed E-state index contributed by atoms with van der Waals surface area (Å²) in [5.41, 5.74) is 23.7. The molecule has 0 saturated carbocycles. The standard InChI is InChI=1S/C20H12F3N3O.C19H15N3O3.C18H15N3O5.C17H11F3N2O.C17H11N3O.C16H11ClN2O/c1-24-7-6-11-2-4-17-15(8-11)19-14(10-18(27)25-17)13-9-12(20(21,22)23)3-5-16(13)26-19;1-24-16-6-13-15(8-17(16)25-2)21-18(23)7-12-11-5-10(9-20)3-4-14(11)22-19(12)13;1-25-15-6-12-14(8-16(15)26-2)19-17(22)7-11-10-5-9(21(23)24)3-4-13(10)20-18(11)12;18-17(19,20)9-5-6-14-11(7-9)12-8-15(23)21-13-4-2-1-3-10(13)16(12)22-14;18-9-10-5-6-15-12(7-10)13-8-16(21)19-14-4-2-1-3-11(14)17(13)20-15;17-9-5-6-14-11(7-9)12-8-15(20)18-13-4-2-1-3-10(13)16(12)19-14/h2-9,26H,10H2,(H,25,27);3-6,8,22H,7H2,1-2H3,(H,21,23);3-6,8,20H,7H2,1-2H3,(H,19,22);1-7,22H,8H2,(H,21,23);1-7,20H,8H2,(H,19,21);1-7,19H,8H2,(H,18,20)/b7-6+;;;;;. The fourth-order valence-corrected chi connectivity index (χ4v) is 18.7. The van der Waals surface area contributed by atoms with Crippen LogP contribution in [-0.4, -0.2) is 98.7 Å². The Morgan fingerprint density at radius 1 is 0.359 bits per heavy atom. The van der Waals surface area contributed by atoms with E-state index in [0.29, 0.717) is 136 Å². The number of fused-ring (bicyclic) bond motifs is 30. The van der Waals surface area contributed by atoms with E-state index >= 15 is 0 Å². The lowest BCUT2D eigenvalue weighted by molar-refractivity contribution is -0.384. The minimum atomic E-state index is -4.46. The van der Waals surface area contributed by atoms with Gasteiger partial charge in [0.05, 0.1) is 181 Å². The minimum absolute atomic E-state index is 0.00271. The van der Waals surface area contributed by atoms with E-state index in [1.165, 1.54) is 44.7 Å². The van der Waals surface area contributed by atoms with Gasteiger partial charge in [0.25, 0.3) is 5.69 Å². The molecule has 142 heavy (non-hydrogen) atoms. The number of para-hydroxylation sites is 3. The van der Waals surface area contributed by atoms with Gasteiger partial charge in [0.15, 0.2) is 29.2 Å². The lowest BCUT2D eigenvalue weighted by atomic mass is 10.0. The maximum Gasteiger partial charge on any atom is 0.416 e. The third-order valence-electron chi connectivity index (χ3n) is 25.0. The number of non-ortho nitro benzene ring substituents is 1. The highest BCUT2D eigenvalue weighted by Crippen LogP contribution is 2.50. The molecule has 12 aromatic carbocycles. The van der Waals surface area contributed by atoms with Crippen LogP contribution in [0.1, 0.15) is 61.2 Å². The molecule has 0 saturated heterocycles. The van der Waals surface area contributed by atoms with Crippen LogP contribution in [0, 0.1) is 39.3 Å². The van der Waals surface area contributed by atoms with Gasteiger partial charge in [0, 0.05) is 128 Å². The number of nitriles is 2. The predicted molar refractivity (Wildman–Crippen MR) is 529 cm³/mol. The summed E-state index contributed by atoms with van der Waals surface area (Å²) in [6.45, 7) is 6.85. The third kappa shape index (κ3) is 17.9. The van der Waals surface area contributed by atoms with Gasteiger partial charge in [0.2, 0.25) is 35.4 Å². The van der Waals surface area contributed by atoms with Crippen LogP contribution in [0.4, 0.5) is 66.2 Å². The largest absolute Gasteiger partial charge is 0.493 e. The maximum absolute atomic E-state index is 13.1. The zero-order valence-electron chi connectivity index (χ0n) is 75.1. The molecule has 28 nitrogen and oxygen atoms in total. The number of hydrogen-bond acceptors (Lipinski definition) is 14. The van der Waals surface area contributed by atoms with Crippen molar-refractivity contribution in [3.05, 3.63) is 318 Å². The van der Waals surface area contributed by atoms with Crippen LogP contribution >= 0.6 is 11.6 Å². The van der Waals surface area contributed by atoms with Crippen molar-refractivity contribution in [1.29, 1.82) is 10.5 Å². The Hall–Kier alpha value is -18.6. The van der Waals surface area contributed by atoms with Crippen LogP contribution in [0.2, 0.25) is 5.02 Å². The summed E-state index contributed by atoms with van der Waals surface area (Å²) in [7, 11) is 6.19. The Morgan fingerprint density at radius 3 is 1.00 bits per heavy atom. The van der Waals surface area contributed by atoms with Crippen molar-refractivity contribution in [3.63, 3.8) is 0 Å². The van der Waals surface area contributed by atoms with Crippen LogP contribution in [0.15, 0.2) is 231 Å². The number of methoxy groups -OCH3 is 4. The molecule has 6 aliphatic heterocycles. The van der Waals surface area contributed by atoms with Gasteiger partial charge in [-0.25, -0.2) is 4.85 Å². The average Bonchev–Trinajstić information content (AvgIpc) is 1.62. The molecule has 0 radical (unpaired) electrons. The Bertz CT molecular complexity index is 8550. The Kier molecular flexibility index (Phi) is 24.4. The molecule has 24 rings (SSSR count). The van der Waals surface area contributed by atoms with Gasteiger partial charge < -0.3 is 80.8 Å². The van der Waals surface area contributed by atoms with Gasteiger partial charge in [-0.3, -0.25) is 38.9 Å². The highest BCUT2D eigenvalue weighted by atomic mass is 35.5. The van der Waals surface area contributed by atoms with Crippen molar-refractivity contribution in [3.8, 4) is 103 Å². The van der Waals surface area contributed by atoms with E-state index in [-0.39, 0.29) is 66.8 Å². The highest BCUT2D eigenvalue weighted by molar-refractivity contribution is 6.31. The third-order valence-corrected chi connectivity index (χ3v) is 25.2. The zero-order valence-corrected chi connectivity index (χ0v) is 75.8. The average molecular weight is 1930 g/mol. The number of nitrogens with one attached hydrogen (secondary N) is 12. The van der Waals surface area contributed by atoms with Crippen molar-refractivity contribution in [1.82, 2.24) is 29.9 Å². The van der Waals surface area contributed by atoms with Gasteiger partial charge >= 0.3 is 12.4 Å². The summed E-state index contributed by atoms with van der Waals surface area (Å²) < 4.78 is 99.6. The van der Waals surface area contributed by atoms with Gasteiger partial charge in [0.1, 0.15) is 0 Å². The summed E-state index contributed by atoms with van der Waals surface area (Å²) in [5.74, 6) is 1.27. The van der Waals surface area contributed by atoms with Crippen LogP contribution in [0.25, 0.3) is 144 Å². The second-order valence-corrected chi connectivity index (χ2v) is 34.0. The molecular formula is C107H75ClF6N16O12. The topological polar surface area (TPSA) is 401 Å². The molecule has 6 aromatic heterocycles. The van der Waals surface area contributed by atoms with E-state index in [9.17, 15) is 65.2 Å². The quantitative estimate of drug-likeness (QED) is 0.0319. The molecule has 35 heteroatoms. The number of benzene rings is 12. The van der Waals surface area contributed by atoms with Crippen molar-refractivity contribution in [2.45, 2.75) is 50.9 Å². The maximum atomic E-state index is 13.1. The Morgan fingerprint density at radius 2 is 0.655 bits per heavy atom. The number of hydrogen-bond donors (Lipinski definition) is 12. The lowest BCUT2D eigenvalue weighted by Gasteiger charge is -2.13. The zero-order chi connectivity index (χ0) is 99.4. The monoisotopic (exact) mass is 1920 g/mol. The first-order valence-corrected chi connectivity index (χ1v) is 44.2. The molecule has 0 atom stereocenters. The second kappa shape index (κ2) is 37.5. The fraction of sp³-hybridized carbons (Fsp3) is 0.112. The smallest absolute Gasteiger partial charge is 0.416 e. The van der Waals surface area contributed by atoms with E-state index in [1.807, 2.05) is 109 Å². The van der Waals surface area contributed by atoms with Crippen molar-refractivity contribution >= 4 is 158 Å². The SMILES string of the molecule is COc1cc2c(cc1OC)-c1[nH]c3ccc(C#N)cc3c1CC(=O)N2.COc1cc2c(cc1OC)-c1[nH]c3ccc([N+](=O)[O-])cc3c1CC(=O)N2.N#Cc1ccc2[nH]c3c(c2c1)CC(=O)Nc1ccccc1-3.O=C1Cc2c([nH]c3ccc(C(F)(F)F)cc23)-c2ccccc2N1.O=C1Cc2c([nH]c3ccc(Cl)cc23)-c2ccccc2N1.[C-]#[N+]/C=C/c1ccc2c(c1)-c1[nH]c3ccc(C(F)(F)F)cc3c1CC(=O)N2. The summed E-state index contributed by atoms with van der Waals surface area (Å²) in [6, 6.07) is 67.7. The van der Waals surface area contributed by atoms with E-state index < -0.39 is 28.4 Å². The van der Waals surface area contributed by atoms with Gasteiger partial charge in [-0.2, -0.15) is 36.9 Å². The Labute approximate surface area is 805 Å². The van der Waals surface area contributed by atoms with Crippen LogP contribution in [0.3, 0.4) is 0 Å². The summed E-state index contributed by atoms with van der Waals surface area (Å²) >= 11 is 6.08. The number of nitro benzene ring substituents is 1. The molecule has 0 bridgehead atoms. The van der Waals surface area contributed by atoms with Gasteiger partial charge in [-0.15, -0.1) is 0 Å². The molecule has 0 unspecified atom stereocenters. The van der Waals surface area contributed by atoms with Crippen molar-refractivity contribution < 1.29 is 79.0 Å². The molecular weight excluding hydrogens is 1850 g/mol. The molecule has 12 N–H and O–H groups in total. The first-order chi connectivity index (χ1) is 68.4. The number of amides is 6. The van der Waals surface area contributed by atoms with Crippen molar-refractivity contribution in [2.24, 2.45) is 0 Å². The number of rotatable bonds is 6. The number of ether oxygens (including phenoxy) is 4. The van der Waals surface area contributed by atoms with Crippen LogP contribution in [0.5, 0.6) is 23.0 Å². The first kappa shape index (κ1) is 92.4. The molecule has 6 aliphatic rings. The number of anilines is 6. The van der Waals surface area contributed by atoms with E-state index in [2.05, 4.69) is 78.8 Å². The number of aromatic amines is 6. The number of H-pyrrole nitrogens is 6. The highest BCUT2D eigenvalue weighted by Gasteiger charge is 2.36. The number of halogens is 7. The molecule has 0 aliphatic carbocycles. The molecule has 18 aromatic rings. The molecule has 0 fully saturated rings. The summed E-state index contributed by atoms with van der Waals surface area (Å²) in [5, 5.41) is 51.5. The Balaban J connectivity index is 0.000000108. The van der Waals surface area contributed by atoms with E-state index in [4.69, 9.17) is 47.6 Å². The molecule has 6 amide bonds. The number of carbonyl (C=O) groups is 6. The molecule has 0 spiro atoms. The van der Waals surface area contributed by atoms with Crippen LogP contribution in [-0.2, 0) is 79.6 Å². The second-order valence-electron chi connectivity index (χ2n) is 33.6. The summed E-state index contributed by atoms with van der Waals surface area (Å²) in [4.78, 5) is 107. The molecule has 12 heterocycles. The summed E-state index contributed by atoms with van der Waals surface area (Å²) in [6.07, 6.45) is -4.93. The normalized spacial score (nSPS) is 13.3. The van der Waals surface area contributed by atoms with Gasteiger partial charge in [-0.1, -0.05) is 78.3 Å². The molecule has 704 valence electrons. The van der Waals surface area contributed by atoms with E-state index in [1.54, 1.807) is 87.0 Å². The predicted octanol–water partition coefficient (Wildman–Crippen LogP) is 23.2. The fourth-order valence-electron chi connectivity index (χ4n) is 18.6. The lowest BCUT2D eigenvalue weighted by Crippen LogP contribution is -2.12. The van der Waals surface area contributed by atoms with Crippen LogP contribution < -0.4 is 50.8 Å². The van der Waals surface area contributed by atoms with Crippen molar-refractivity contribution in [2.75, 3.05) is 60.3 Å². The first-order valence-electron chi connectivity index (χ1n) is 43.8. The van der Waals surface area contributed by atoms with E-state index in [0.717, 1.165) is 147 Å². The number of carbonyl (C=O) groups excluding carboxylic acids is 6.